The molecule has 0 bridgehead atoms. The fourth-order valence-corrected chi connectivity index (χ4v) is 3.22. The van der Waals surface area contributed by atoms with Gasteiger partial charge in [0.1, 0.15) is 0 Å². The molecule has 2 N–H and O–H groups in total. The van der Waals surface area contributed by atoms with Crippen molar-refractivity contribution in [2.45, 2.75) is 5.79 Å². The smallest absolute Gasteiger partial charge is 0.217 e. The molecule has 0 aliphatic heterocycles. The summed E-state index contributed by atoms with van der Waals surface area (Å²) in [5, 5.41) is 21.5. The second-order valence-electron chi connectivity index (χ2n) is 6.56. The average Bonchev–Trinajstić information content (AvgIpc) is 2.75. The van der Waals surface area contributed by atoms with Gasteiger partial charge in [0.05, 0.1) is 0 Å². The van der Waals surface area contributed by atoms with Crippen LogP contribution in [0, 0.1) is 0 Å². The Morgan fingerprint density at radius 3 is 1.00 bits per heavy atom. The largest absolute Gasteiger partial charge is 0.358 e. The van der Waals surface area contributed by atoms with E-state index in [2.05, 4.69) is 0 Å². The molecular formula is C25H20O2. The quantitative estimate of drug-likeness (QED) is 0.495. The summed E-state index contributed by atoms with van der Waals surface area (Å²) < 4.78 is 0. The van der Waals surface area contributed by atoms with Crippen LogP contribution in [-0.2, 0) is 5.79 Å². The van der Waals surface area contributed by atoms with E-state index in [9.17, 15) is 10.2 Å². The van der Waals surface area contributed by atoms with Crippen LogP contribution in [0.15, 0.2) is 109 Å². The monoisotopic (exact) mass is 352 g/mol. The number of rotatable bonds is 4. The molecule has 0 atom stereocenters. The van der Waals surface area contributed by atoms with Crippen LogP contribution in [0.2, 0.25) is 0 Å². The second-order valence-corrected chi connectivity index (χ2v) is 6.56. The molecule has 0 aliphatic carbocycles. The Bertz CT molecular complexity index is 918. The first kappa shape index (κ1) is 17.2. The molecule has 0 unspecified atom stereocenters. The van der Waals surface area contributed by atoms with Crippen LogP contribution in [0.1, 0.15) is 11.1 Å². The lowest BCUT2D eigenvalue weighted by atomic mass is 9.94. The Balaban J connectivity index is 1.61. The maximum atomic E-state index is 10.7. The highest BCUT2D eigenvalue weighted by atomic mass is 16.5. The van der Waals surface area contributed by atoms with Gasteiger partial charge in [-0.05, 0) is 22.3 Å². The first-order valence-electron chi connectivity index (χ1n) is 8.91. The van der Waals surface area contributed by atoms with Crippen molar-refractivity contribution in [1.29, 1.82) is 0 Å². The molecule has 0 amide bonds. The van der Waals surface area contributed by atoms with Crippen molar-refractivity contribution >= 4 is 0 Å². The zero-order valence-corrected chi connectivity index (χ0v) is 14.8. The van der Waals surface area contributed by atoms with Gasteiger partial charge in [-0.1, -0.05) is 109 Å². The molecule has 0 saturated heterocycles. The van der Waals surface area contributed by atoms with Gasteiger partial charge in [-0.2, -0.15) is 0 Å². The van der Waals surface area contributed by atoms with E-state index in [4.69, 9.17) is 0 Å². The van der Waals surface area contributed by atoms with E-state index in [1.807, 2.05) is 84.9 Å². The molecule has 0 heterocycles. The normalized spacial score (nSPS) is 11.3. The van der Waals surface area contributed by atoms with Crippen molar-refractivity contribution < 1.29 is 10.2 Å². The molecule has 2 nitrogen and oxygen atoms in total. The van der Waals surface area contributed by atoms with Gasteiger partial charge in [0.25, 0.3) is 0 Å². The van der Waals surface area contributed by atoms with Crippen molar-refractivity contribution in [2.24, 2.45) is 0 Å². The minimum atomic E-state index is -2.04. The SMILES string of the molecule is OC(O)(c1ccc(-c2ccccc2)cc1)c1ccc(-c2ccccc2)cc1. The van der Waals surface area contributed by atoms with Crippen LogP contribution in [0.4, 0.5) is 0 Å². The number of hydrogen-bond donors (Lipinski definition) is 2. The molecule has 0 radical (unpaired) electrons. The molecule has 4 rings (SSSR count). The van der Waals surface area contributed by atoms with E-state index in [1.165, 1.54) is 0 Å². The van der Waals surface area contributed by atoms with Crippen LogP contribution < -0.4 is 0 Å². The highest BCUT2D eigenvalue weighted by molar-refractivity contribution is 5.65. The van der Waals surface area contributed by atoms with Gasteiger partial charge in [0.2, 0.25) is 5.79 Å². The Morgan fingerprint density at radius 1 is 0.370 bits per heavy atom. The van der Waals surface area contributed by atoms with E-state index >= 15 is 0 Å². The molecule has 4 aromatic rings. The first-order chi connectivity index (χ1) is 13.1. The van der Waals surface area contributed by atoms with Crippen LogP contribution in [-0.4, -0.2) is 10.2 Å². The molecular weight excluding hydrogens is 332 g/mol. The Labute approximate surface area is 159 Å². The van der Waals surface area contributed by atoms with Crippen LogP contribution in [0.3, 0.4) is 0 Å². The molecule has 0 aliphatic rings. The highest BCUT2D eigenvalue weighted by Gasteiger charge is 2.28. The highest BCUT2D eigenvalue weighted by Crippen LogP contribution is 2.30. The average molecular weight is 352 g/mol. The third-order valence-electron chi connectivity index (χ3n) is 4.79. The van der Waals surface area contributed by atoms with Gasteiger partial charge in [0.15, 0.2) is 0 Å². The molecule has 4 aromatic carbocycles. The Kier molecular flexibility index (Phi) is 4.59. The van der Waals surface area contributed by atoms with Gasteiger partial charge in [-0.25, -0.2) is 0 Å². The van der Waals surface area contributed by atoms with Crippen molar-refractivity contribution in [3.05, 3.63) is 120 Å². The summed E-state index contributed by atoms with van der Waals surface area (Å²) in [6.07, 6.45) is 0. The fraction of sp³-hybridized carbons (Fsp3) is 0.0400. The molecule has 0 aromatic heterocycles. The second kappa shape index (κ2) is 7.20. The van der Waals surface area contributed by atoms with Gasteiger partial charge in [0, 0.05) is 11.1 Å². The lowest BCUT2D eigenvalue weighted by molar-refractivity contribution is -0.132. The molecule has 0 saturated carbocycles. The van der Waals surface area contributed by atoms with Gasteiger partial charge >= 0.3 is 0 Å². The topological polar surface area (TPSA) is 40.5 Å². The molecule has 0 fully saturated rings. The molecule has 2 heteroatoms. The molecule has 27 heavy (non-hydrogen) atoms. The lowest BCUT2D eigenvalue weighted by Crippen LogP contribution is -2.26. The van der Waals surface area contributed by atoms with Crippen LogP contribution in [0.25, 0.3) is 22.3 Å². The zero-order chi connectivity index (χ0) is 18.7. The third kappa shape index (κ3) is 3.54. The zero-order valence-electron chi connectivity index (χ0n) is 14.8. The first-order valence-corrected chi connectivity index (χ1v) is 8.91. The summed E-state index contributed by atoms with van der Waals surface area (Å²) in [7, 11) is 0. The standard InChI is InChI=1S/C25H20O2/c26-25(27,23-15-11-21(12-16-23)19-7-3-1-4-8-19)24-17-13-22(14-18-24)20-9-5-2-6-10-20/h1-18,26-27H. The van der Waals surface area contributed by atoms with Gasteiger partial charge < -0.3 is 10.2 Å². The fourth-order valence-electron chi connectivity index (χ4n) is 3.22. The summed E-state index contributed by atoms with van der Waals surface area (Å²) in [6.45, 7) is 0. The summed E-state index contributed by atoms with van der Waals surface area (Å²) in [5.41, 5.74) is 5.14. The van der Waals surface area contributed by atoms with E-state index < -0.39 is 5.79 Å². The summed E-state index contributed by atoms with van der Waals surface area (Å²) in [4.78, 5) is 0. The summed E-state index contributed by atoms with van der Waals surface area (Å²) in [5.74, 6) is -2.04. The minimum Gasteiger partial charge on any atom is -0.358 e. The van der Waals surface area contributed by atoms with Crippen molar-refractivity contribution in [3.63, 3.8) is 0 Å². The lowest BCUT2D eigenvalue weighted by Gasteiger charge is -2.23. The summed E-state index contributed by atoms with van der Waals surface area (Å²) >= 11 is 0. The van der Waals surface area contributed by atoms with E-state index in [1.54, 1.807) is 24.3 Å². The van der Waals surface area contributed by atoms with Crippen molar-refractivity contribution in [2.75, 3.05) is 0 Å². The number of benzene rings is 4. The number of aliphatic hydroxyl groups is 2. The summed E-state index contributed by atoms with van der Waals surface area (Å²) in [6, 6.07) is 34.7. The van der Waals surface area contributed by atoms with Crippen LogP contribution >= 0.6 is 0 Å². The van der Waals surface area contributed by atoms with Crippen molar-refractivity contribution in [1.82, 2.24) is 0 Å². The Hall–Kier alpha value is -3.20. The maximum Gasteiger partial charge on any atom is 0.217 e. The Morgan fingerprint density at radius 2 is 0.667 bits per heavy atom. The predicted octanol–water partition coefficient (Wildman–Crippen LogP) is 5.21. The number of hydrogen-bond acceptors (Lipinski definition) is 2. The van der Waals surface area contributed by atoms with Gasteiger partial charge in [-0.3, -0.25) is 0 Å². The molecule has 132 valence electrons. The van der Waals surface area contributed by atoms with Crippen molar-refractivity contribution in [3.8, 4) is 22.3 Å². The minimum absolute atomic E-state index is 0.439. The predicted molar refractivity (Wildman–Crippen MR) is 109 cm³/mol. The third-order valence-corrected chi connectivity index (χ3v) is 4.79. The molecule has 0 spiro atoms. The van der Waals surface area contributed by atoms with Gasteiger partial charge in [-0.15, -0.1) is 0 Å². The van der Waals surface area contributed by atoms with Crippen LogP contribution in [0.5, 0.6) is 0 Å². The maximum absolute atomic E-state index is 10.7. The van der Waals surface area contributed by atoms with E-state index in [0.29, 0.717) is 11.1 Å². The van der Waals surface area contributed by atoms with E-state index in [0.717, 1.165) is 22.3 Å². The van der Waals surface area contributed by atoms with E-state index in [-0.39, 0.29) is 0 Å².